The predicted molar refractivity (Wildman–Crippen MR) is 73.8 cm³/mol. The van der Waals surface area contributed by atoms with Crippen molar-refractivity contribution in [2.24, 2.45) is 0 Å². The standard InChI is InChI=1S/C12H8ClN3O5/c13-8-2-1-6(12(18)19)3-9(8)15-11(17)10-4-7(5-14-10)16(20)21/h1-5,14H,(H,15,17)(H,18,19). The van der Waals surface area contributed by atoms with Gasteiger partial charge in [0.15, 0.2) is 0 Å². The highest BCUT2D eigenvalue weighted by atomic mass is 35.5. The molecular weight excluding hydrogens is 302 g/mol. The Morgan fingerprint density at radius 2 is 2.05 bits per heavy atom. The van der Waals surface area contributed by atoms with Crippen LogP contribution in [0.3, 0.4) is 0 Å². The molecule has 1 amide bonds. The molecule has 8 nitrogen and oxygen atoms in total. The molecular formula is C12H8ClN3O5. The van der Waals surface area contributed by atoms with Crippen molar-refractivity contribution in [1.29, 1.82) is 0 Å². The molecule has 1 aromatic heterocycles. The number of amides is 1. The summed E-state index contributed by atoms with van der Waals surface area (Å²) in [5.41, 5.74) is -0.255. The van der Waals surface area contributed by atoms with Crippen LogP contribution in [0, 0.1) is 10.1 Å². The molecule has 1 aromatic carbocycles. The van der Waals surface area contributed by atoms with Gasteiger partial charge in [0.2, 0.25) is 0 Å². The van der Waals surface area contributed by atoms with E-state index < -0.39 is 16.8 Å². The molecule has 0 bridgehead atoms. The number of nitro groups is 1. The van der Waals surface area contributed by atoms with Crippen molar-refractivity contribution in [3.8, 4) is 0 Å². The number of hydrogen-bond acceptors (Lipinski definition) is 4. The van der Waals surface area contributed by atoms with E-state index in [1.807, 2.05) is 0 Å². The topological polar surface area (TPSA) is 125 Å². The third-order valence-corrected chi connectivity index (χ3v) is 2.91. The van der Waals surface area contributed by atoms with Crippen LogP contribution in [-0.2, 0) is 0 Å². The number of rotatable bonds is 4. The summed E-state index contributed by atoms with van der Waals surface area (Å²) < 4.78 is 0. The molecule has 9 heteroatoms. The van der Waals surface area contributed by atoms with Crippen LogP contribution in [0.1, 0.15) is 20.8 Å². The number of nitrogens with one attached hydrogen (secondary N) is 2. The van der Waals surface area contributed by atoms with E-state index in [9.17, 15) is 19.7 Å². The summed E-state index contributed by atoms with van der Waals surface area (Å²) in [5, 5.41) is 21.9. The molecule has 0 unspecified atom stereocenters. The first-order chi connectivity index (χ1) is 9.88. The van der Waals surface area contributed by atoms with E-state index in [4.69, 9.17) is 16.7 Å². The van der Waals surface area contributed by atoms with Gasteiger partial charge in [-0.3, -0.25) is 14.9 Å². The van der Waals surface area contributed by atoms with Crippen LogP contribution in [0.25, 0.3) is 0 Å². The van der Waals surface area contributed by atoms with Gasteiger partial charge in [-0.2, -0.15) is 0 Å². The number of hydrogen-bond donors (Lipinski definition) is 3. The van der Waals surface area contributed by atoms with E-state index in [1.54, 1.807) is 0 Å². The number of carbonyl (C=O) groups excluding carboxylic acids is 1. The van der Waals surface area contributed by atoms with Crippen molar-refractivity contribution in [2.75, 3.05) is 5.32 Å². The minimum absolute atomic E-state index is 0.0431. The third kappa shape index (κ3) is 3.18. The summed E-state index contributed by atoms with van der Waals surface area (Å²) in [4.78, 5) is 35.1. The first-order valence-corrected chi connectivity index (χ1v) is 5.93. The van der Waals surface area contributed by atoms with E-state index in [0.29, 0.717) is 0 Å². The average molecular weight is 310 g/mol. The van der Waals surface area contributed by atoms with Gasteiger partial charge in [0.1, 0.15) is 5.69 Å². The lowest BCUT2D eigenvalue weighted by Gasteiger charge is -2.07. The molecule has 0 atom stereocenters. The molecule has 0 saturated heterocycles. The molecule has 0 aliphatic heterocycles. The summed E-state index contributed by atoms with van der Waals surface area (Å²) in [6, 6.07) is 4.88. The smallest absolute Gasteiger partial charge is 0.335 e. The quantitative estimate of drug-likeness (QED) is 0.591. The minimum Gasteiger partial charge on any atom is -0.478 e. The van der Waals surface area contributed by atoms with Crippen molar-refractivity contribution in [1.82, 2.24) is 4.98 Å². The summed E-state index contributed by atoms with van der Waals surface area (Å²) in [6.07, 6.45) is 1.07. The maximum absolute atomic E-state index is 11.9. The Morgan fingerprint density at radius 1 is 1.33 bits per heavy atom. The molecule has 0 radical (unpaired) electrons. The van der Waals surface area contributed by atoms with Crippen molar-refractivity contribution < 1.29 is 19.6 Å². The zero-order valence-corrected chi connectivity index (χ0v) is 11.0. The van der Waals surface area contributed by atoms with Crippen LogP contribution >= 0.6 is 11.6 Å². The van der Waals surface area contributed by atoms with E-state index in [1.165, 1.54) is 18.2 Å². The van der Waals surface area contributed by atoms with Crippen LogP contribution in [0.2, 0.25) is 5.02 Å². The van der Waals surface area contributed by atoms with Gasteiger partial charge in [0.05, 0.1) is 27.4 Å². The van der Waals surface area contributed by atoms with E-state index >= 15 is 0 Å². The number of carbonyl (C=O) groups is 2. The summed E-state index contributed by atoms with van der Waals surface area (Å²) in [5.74, 6) is -1.84. The van der Waals surface area contributed by atoms with Crippen molar-refractivity contribution in [3.63, 3.8) is 0 Å². The lowest BCUT2D eigenvalue weighted by molar-refractivity contribution is -0.384. The third-order valence-electron chi connectivity index (χ3n) is 2.58. The number of halogens is 1. The van der Waals surface area contributed by atoms with Gasteiger partial charge < -0.3 is 15.4 Å². The fraction of sp³-hybridized carbons (Fsp3) is 0. The van der Waals surface area contributed by atoms with Crippen LogP contribution in [-0.4, -0.2) is 26.9 Å². The molecule has 3 N–H and O–H groups in total. The second kappa shape index (κ2) is 5.63. The maximum atomic E-state index is 11.9. The molecule has 2 aromatic rings. The van der Waals surface area contributed by atoms with E-state index in [-0.39, 0.29) is 27.7 Å². The molecule has 21 heavy (non-hydrogen) atoms. The van der Waals surface area contributed by atoms with Gasteiger partial charge >= 0.3 is 5.97 Å². The van der Waals surface area contributed by atoms with Gasteiger partial charge in [0.25, 0.3) is 11.6 Å². The van der Waals surface area contributed by atoms with E-state index in [0.717, 1.165) is 12.3 Å². The molecule has 108 valence electrons. The summed E-state index contributed by atoms with van der Waals surface area (Å²) in [6.45, 7) is 0. The van der Waals surface area contributed by atoms with Crippen molar-refractivity contribution in [3.05, 3.63) is 56.9 Å². The number of aromatic carboxylic acids is 1. The van der Waals surface area contributed by atoms with E-state index in [2.05, 4.69) is 10.3 Å². The molecule has 0 fully saturated rings. The Labute approximate surface area is 122 Å². The first kappa shape index (κ1) is 14.5. The Hall–Kier alpha value is -2.87. The van der Waals surface area contributed by atoms with Gasteiger partial charge in [0, 0.05) is 6.07 Å². The highest BCUT2D eigenvalue weighted by Crippen LogP contribution is 2.24. The maximum Gasteiger partial charge on any atom is 0.335 e. The molecule has 0 aliphatic carbocycles. The number of anilines is 1. The van der Waals surface area contributed by atoms with Crippen molar-refractivity contribution in [2.45, 2.75) is 0 Å². The lowest BCUT2D eigenvalue weighted by atomic mass is 10.2. The number of carboxylic acids is 1. The average Bonchev–Trinajstić information content (AvgIpc) is 2.90. The van der Waals surface area contributed by atoms with Gasteiger partial charge in [-0.25, -0.2) is 4.79 Å². The highest BCUT2D eigenvalue weighted by molar-refractivity contribution is 6.34. The fourth-order valence-electron chi connectivity index (χ4n) is 1.56. The number of aromatic nitrogens is 1. The zero-order chi connectivity index (χ0) is 15.6. The largest absolute Gasteiger partial charge is 0.478 e. The number of carboxylic acid groups (broad SMARTS) is 1. The highest BCUT2D eigenvalue weighted by Gasteiger charge is 2.16. The van der Waals surface area contributed by atoms with Crippen molar-refractivity contribution >= 4 is 34.9 Å². The lowest BCUT2D eigenvalue weighted by Crippen LogP contribution is -2.13. The number of benzene rings is 1. The normalized spacial score (nSPS) is 10.1. The Morgan fingerprint density at radius 3 is 2.62 bits per heavy atom. The second-order valence-corrected chi connectivity index (χ2v) is 4.39. The van der Waals surface area contributed by atoms with Gasteiger partial charge in [-0.05, 0) is 18.2 Å². The predicted octanol–water partition coefficient (Wildman–Crippen LogP) is 2.53. The summed E-state index contributed by atoms with van der Waals surface area (Å²) in [7, 11) is 0. The SMILES string of the molecule is O=C(O)c1ccc(Cl)c(NC(=O)c2cc([N+](=O)[O-])c[nH]2)c1. The number of H-pyrrole nitrogens is 1. The molecule has 0 spiro atoms. The number of nitrogens with zero attached hydrogens (tertiary/aromatic N) is 1. The molecule has 0 aliphatic rings. The van der Waals surface area contributed by atoms with Crippen LogP contribution in [0.5, 0.6) is 0 Å². The Bertz CT molecular complexity index is 740. The Balaban J connectivity index is 2.24. The van der Waals surface area contributed by atoms with Crippen LogP contribution in [0.4, 0.5) is 11.4 Å². The molecule has 0 saturated carbocycles. The molecule has 1 heterocycles. The fourth-order valence-corrected chi connectivity index (χ4v) is 1.73. The minimum atomic E-state index is -1.17. The monoisotopic (exact) mass is 309 g/mol. The molecule has 2 rings (SSSR count). The summed E-state index contributed by atoms with van der Waals surface area (Å²) >= 11 is 5.86. The second-order valence-electron chi connectivity index (χ2n) is 3.98. The zero-order valence-electron chi connectivity index (χ0n) is 10.3. The van der Waals surface area contributed by atoms with Crippen LogP contribution in [0.15, 0.2) is 30.5 Å². The van der Waals surface area contributed by atoms with Crippen LogP contribution < -0.4 is 5.32 Å². The first-order valence-electron chi connectivity index (χ1n) is 5.55. The Kier molecular flexibility index (Phi) is 3.90. The number of aromatic amines is 1. The van der Waals surface area contributed by atoms with Gasteiger partial charge in [-0.15, -0.1) is 0 Å². The van der Waals surface area contributed by atoms with Gasteiger partial charge in [-0.1, -0.05) is 11.6 Å².